The quantitative estimate of drug-likeness (QED) is 0.218. The molecule has 0 aliphatic heterocycles. The number of hydrogen-bond acceptors (Lipinski definition) is 0. The predicted molar refractivity (Wildman–Crippen MR) is 28.3 cm³/mol. The van der Waals surface area contributed by atoms with Gasteiger partial charge in [-0.25, -0.2) is 12.2 Å². The summed E-state index contributed by atoms with van der Waals surface area (Å²) in [5, 5.41) is 0. The Balaban J connectivity index is 0. The van der Waals surface area contributed by atoms with Gasteiger partial charge >= 0.3 is 18.9 Å². The van der Waals surface area contributed by atoms with E-state index >= 15 is 0 Å². The number of rotatable bonds is 1. The third-order valence-electron chi connectivity index (χ3n) is 0.417. The van der Waals surface area contributed by atoms with Gasteiger partial charge in [0.2, 0.25) is 0 Å². The van der Waals surface area contributed by atoms with Crippen molar-refractivity contribution in [3.05, 3.63) is 24.3 Å². The van der Waals surface area contributed by atoms with Crippen LogP contribution >= 0.6 is 0 Å². The van der Waals surface area contributed by atoms with Gasteiger partial charge in [0.05, 0.1) is 0 Å². The minimum atomic E-state index is 0. The van der Waals surface area contributed by atoms with Gasteiger partial charge in [0, 0.05) is 1.37 Å². The van der Waals surface area contributed by atoms with E-state index in [1.165, 1.54) is 0 Å². The Kier molecular flexibility index (Phi) is 9.53. The molecule has 0 aliphatic carbocycles. The molecule has 0 heterocycles. The molecule has 0 radical (unpaired) electrons. The van der Waals surface area contributed by atoms with Crippen LogP contribution in [-0.2, 0) is 0 Å². The standard InChI is InChI=1S/C6H9.Li/c1-3-5-6-4-2;/h3,5-6H,1-2H3;/q-1;+1/b5-3+;/i3D;. The number of allylic oxidation sites excluding steroid dienone is 4. The second-order valence-corrected chi connectivity index (χ2v) is 0.911. The molecule has 0 saturated heterocycles. The molecule has 0 nitrogen and oxygen atoms in total. The van der Waals surface area contributed by atoms with Crippen LogP contribution in [0.3, 0.4) is 0 Å². The molecule has 0 unspecified atom stereocenters. The van der Waals surface area contributed by atoms with E-state index in [0.717, 1.165) is 0 Å². The summed E-state index contributed by atoms with van der Waals surface area (Å²) in [6.07, 6.45) is 6.20. The molecule has 0 aliphatic rings. The second kappa shape index (κ2) is 9.42. The normalized spacial score (nSPS) is 13.4. The Labute approximate surface area is 58.9 Å². The zero-order valence-electron chi connectivity index (χ0n) is 6.15. The first kappa shape index (κ1) is 7.08. The Morgan fingerprint density at radius 2 is 2.29 bits per heavy atom. The van der Waals surface area contributed by atoms with Gasteiger partial charge in [0.15, 0.2) is 0 Å². The summed E-state index contributed by atoms with van der Waals surface area (Å²) in [6, 6.07) is 0.564. The molecule has 0 fully saturated rings. The fourth-order valence-electron chi connectivity index (χ4n) is 0.167. The van der Waals surface area contributed by atoms with Crippen LogP contribution in [0, 0.1) is 6.08 Å². The van der Waals surface area contributed by atoms with Crippen LogP contribution in [0.25, 0.3) is 0 Å². The molecule has 7 heavy (non-hydrogen) atoms. The van der Waals surface area contributed by atoms with E-state index in [1.807, 2.05) is 0 Å². The molecule has 34 valence electrons. The van der Waals surface area contributed by atoms with Crippen molar-refractivity contribution in [2.45, 2.75) is 13.8 Å². The molecule has 0 aromatic rings. The average molecular weight is 89.1 g/mol. The maximum absolute atomic E-state index is 6.87. The van der Waals surface area contributed by atoms with Gasteiger partial charge < -0.3 is 0 Å². The molecule has 0 N–H and O–H groups in total. The van der Waals surface area contributed by atoms with Crippen molar-refractivity contribution in [3.63, 3.8) is 0 Å². The van der Waals surface area contributed by atoms with Crippen molar-refractivity contribution in [1.82, 2.24) is 0 Å². The van der Waals surface area contributed by atoms with Crippen LogP contribution in [0.15, 0.2) is 18.2 Å². The number of hydrogen-bond donors (Lipinski definition) is 0. The van der Waals surface area contributed by atoms with Crippen molar-refractivity contribution in [2.75, 3.05) is 0 Å². The van der Waals surface area contributed by atoms with Crippen LogP contribution in [0.5, 0.6) is 0 Å². The average Bonchev–Trinajstić information content (AvgIpc) is 1.61. The van der Waals surface area contributed by atoms with Gasteiger partial charge in [-0.3, -0.25) is 6.08 Å². The van der Waals surface area contributed by atoms with Crippen molar-refractivity contribution < 1.29 is 20.2 Å². The summed E-state index contributed by atoms with van der Waals surface area (Å²) in [5.74, 6) is 0. The first-order valence-electron chi connectivity index (χ1n) is 2.41. The molecule has 0 bridgehead atoms. The predicted octanol–water partition coefficient (Wildman–Crippen LogP) is -1.05. The van der Waals surface area contributed by atoms with Crippen LogP contribution < -0.4 is 18.9 Å². The Hall–Kier alpha value is 0.0774. The Bertz CT molecular complexity index is 90.7. The zero-order valence-corrected chi connectivity index (χ0v) is 5.15. The van der Waals surface area contributed by atoms with E-state index in [1.54, 1.807) is 26.0 Å². The summed E-state index contributed by atoms with van der Waals surface area (Å²) in [7, 11) is 0. The molecule has 0 spiro atoms. The molecule has 0 amide bonds. The molecule has 0 rings (SSSR count). The van der Waals surface area contributed by atoms with E-state index in [-0.39, 0.29) is 18.9 Å². The smallest absolute Gasteiger partial charge is 0.279 e. The van der Waals surface area contributed by atoms with Gasteiger partial charge in [0.25, 0.3) is 0 Å². The molecular weight excluding hydrogens is 79.0 g/mol. The van der Waals surface area contributed by atoms with Crippen LogP contribution in [0.2, 0.25) is 0 Å². The SMILES string of the molecule is [2H]/C(C)=C\C=[C-]C.[Li+]. The van der Waals surface area contributed by atoms with E-state index in [4.69, 9.17) is 1.37 Å². The summed E-state index contributed by atoms with van der Waals surface area (Å²) in [5.41, 5.74) is 0. The largest absolute Gasteiger partial charge is 1.00 e. The summed E-state index contributed by atoms with van der Waals surface area (Å²) in [4.78, 5) is 0. The van der Waals surface area contributed by atoms with Crippen molar-refractivity contribution in [1.29, 1.82) is 0 Å². The third-order valence-corrected chi connectivity index (χ3v) is 0.417. The van der Waals surface area contributed by atoms with Crippen molar-refractivity contribution in [2.24, 2.45) is 0 Å². The molecule has 0 aromatic heterocycles. The van der Waals surface area contributed by atoms with Gasteiger partial charge in [0.1, 0.15) is 0 Å². The van der Waals surface area contributed by atoms with E-state index in [2.05, 4.69) is 6.08 Å². The Morgan fingerprint density at radius 1 is 1.71 bits per heavy atom. The van der Waals surface area contributed by atoms with Gasteiger partial charge in [-0.15, -0.1) is 6.92 Å². The van der Waals surface area contributed by atoms with Crippen LogP contribution in [-0.4, -0.2) is 0 Å². The van der Waals surface area contributed by atoms with E-state index < -0.39 is 0 Å². The molecule has 0 saturated carbocycles. The third kappa shape index (κ3) is 10.7. The van der Waals surface area contributed by atoms with E-state index in [9.17, 15) is 0 Å². The maximum atomic E-state index is 6.87. The first-order chi connectivity index (χ1) is 3.27. The molecular formula is C6H9Li. The van der Waals surface area contributed by atoms with Gasteiger partial charge in [-0.1, -0.05) is 6.92 Å². The van der Waals surface area contributed by atoms with Crippen LogP contribution in [0.1, 0.15) is 15.2 Å². The monoisotopic (exact) mass is 89.1 g/mol. The topological polar surface area (TPSA) is 0 Å². The summed E-state index contributed by atoms with van der Waals surface area (Å²) >= 11 is 0. The second-order valence-electron chi connectivity index (χ2n) is 0.911. The summed E-state index contributed by atoms with van der Waals surface area (Å²) in [6.45, 7) is 3.54. The molecule has 0 aromatic carbocycles. The molecule has 0 atom stereocenters. The first-order valence-corrected chi connectivity index (χ1v) is 1.91. The minimum Gasteiger partial charge on any atom is -0.279 e. The molecule has 1 heteroatoms. The maximum Gasteiger partial charge on any atom is 1.00 e. The van der Waals surface area contributed by atoms with Crippen molar-refractivity contribution in [3.8, 4) is 0 Å². The summed E-state index contributed by atoms with van der Waals surface area (Å²) < 4.78 is 6.87. The Morgan fingerprint density at radius 3 is 2.43 bits per heavy atom. The van der Waals surface area contributed by atoms with Crippen molar-refractivity contribution >= 4 is 0 Å². The van der Waals surface area contributed by atoms with Gasteiger partial charge in [-0.05, 0) is 0 Å². The van der Waals surface area contributed by atoms with E-state index in [0.29, 0.717) is 6.05 Å². The van der Waals surface area contributed by atoms with Gasteiger partial charge in [-0.2, -0.15) is 6.05 Å². The minimum absolute atomic E-state index is 0. The fraction of sp³-hybridized carbons (Fsp3) is 0.333. The van der Waals surface area contributed by atoms with Crippen LogP contribution in [0.4, 0.5) is 0 Å². The zero-order chi connectivity index (χ0) is 5.70. The fourth-order valence-corrected chi connectivity index (χ4v) is 0.167.